The fourth-order valence-electron chi connectivity index (χ4n) is 1.66. The number of H-pyrrole nitrogens is 1. The van der Waals surface area contributed by atoms with Gasteiger partial charge in [0, 0.05) is 24.0 Å². The van der Waals surface area contributed by atoms with E-state index in [1.54, 1.807) is 6.07 Å². The van der Waals surface area contributed by atoms with Gasteiger partial charge in [-0.1, -0.05) is 0 Å². The molecule has 0 fully saturated rings. The summed E-state index contributed by atoms with van der Waals surface area (Å²) in [6, 6.07) is 5.00. The molecular weight excluding hydrogens is 297 g/mol. The highest BCUT2D eigenvalue weighted by Crippen LogP contribution is 2.22. The Morgan fingerprint density at radius 2 is 2.10 bits per heavy atom. The number of nitriles is 1. The number of hydrogen-bond acceptors (Lipinski definition) is 4. The highest BCUT2D eigenvalue weighted by Gasteiger charge is 2.20. The summed E-state index contributed by atoms with van der Waals surface area (Å²) in [5.74, 6) is -0.714. The Kier molecular flexibility index (Phi) is 3.78. The lowest BCUT2D eigenvalue weighted by atomic mass is 10.1. The van der Waals surface area contributed by atoms with E-state index in [9.17, 15) is 17.6 Å². The highest BCUT2D eigenvalue weighted by atomic mass is 32.2. The fourth-order valence-corrected chi connectivity index (χ4v) is 2.83. The highest BCUT2D eigenvalue weighted by molar-refractivity contribution is 7.92. The van der Waals surface area contributed by atoms with Gasteiger partial charge in [0.15, 0.2) is 4.90 Å². The number of aromatic nitrogens is 1. The Hall–Kier alpha value is -2.66. The van der Waals surface area contributed by atoms with Crippen molar-refractivity contribution in [1.29, 1.82) is 5.26 Å². The third-order valence-corrected chi connectivity index (χ3v) is 4.18. The summed E-state index contributed by atoms with van der Waals surface area (Å²) < 4.78 is 40.0. The first-order chi connectivity index (χ1) is 9.85. The van der Waals surface area contributed by atoms with Crippen LogP contribution in [0.3, 0.4) is 0 Å². The topological polar surface area (TPSA) is 103 Å². The third-order valence-electron chi connectivity index (χ3n) is 2.80. The maximum Gasteiger partial charge on any atom is 0.267 e. The zero-order chi connectivity index (χ0) is 15.6. The Bertz CT molecular complexity index is 898. The lowest BCUT2D eigenvalue weighted by molar-refractivity contribution is 0.599. The maximum atomic E-state index is 13.6. The molecular formula is C13H10FN3O3S. The molecule has 0 bridgehead atoms. The summed E-state index contributed by atoms with van der Waals surface area (Å²) in [5, 5.41) is 8.79. The molecule has 6 nitrogen and oxygen atoms in total. The summed E-state index contributed by atoms with van der Waals surface area (Å²) in [6.07, 6.45) is 2.33. The molecule has 0 saturated carbocycles. The zero-order valence-electron chi connectivity index (χ0n) is 10.8. The summed E-state index contributed by atoms with van der Waals surface area (Å²) in [4.78, 5) is 13.6. The van der Waals surface area contributed by atoms with Crippen LogP contribution in [0.25, 0.3) is 0 Å². The average molecular weight is 307 g/mol. The van der Waals surface area contributed by atoms with E-state index < -0.39 is 26.2 Å². The van der Waals surface area contributed by atoms with Gasteiger partial charge in [-0.25, -0.2) is 12.8 Å². The van der Waals surface area contributed by atoms with Crippen molar-refractivity contribution in [2.24, 2.45) is 0 Å². The quantitative estimate of drug-likeness (QED) is 0.896. The van der Waals surface area contributed by atoms with Crippen LogP contribution in [0.2, 0.25) is 0 Å². The molecule has 1 heterocycles. The van der Waals surface area contributed by atoms with Gasteiger partial charge in [0.2, 0.25) is 5.43 Å². The first-order valence-electron chi connectivity index (χ1n) is 5.75. The molecule has 2 aromatic rings. The van der Waals surface area contributed by atoms with Crippen LogP contribution in [0, 0.1) is 24.1 Å². The van der Waals surface area contributed by atoms with Crippen LogP contribution in [0.15, 0.2) is 40.3 Å². The molecule has 1 aromatic carbocycles. The Balaban J connectivity index is 2.52. The minimum absolute atomic E-state index is 0.0298. The van der Waals surface area contributed by atoms with Crippen molar-refractivity contribution in [3.05, 3.63) is 57.8 Å². The summed E-state index contributed by atoms with van der Waals surface area (Å²) in [7, 11) is -4.18. The molecule has 0 radical (unpaired) electrons. The zero-order valence-corrected chi connectivity index (χ0v) is 11.7. The second kappa shape index (κ2) is 5.38. The molecule has 0 amide bonds. The lowest BCUT2D eigenvalue weighted by Gasteiger charge is -2.11. The molecule has 0 spiro atoms. The molecule has 0 unspecified atom stereocenters. The molecule has 0 atom stereocenters. The molecule has 108 valence electrons. The summed E-state index contributed by atoms with van der Waals surface area (Å²) in [6.45, 7) is 1.36. The maximum absolute atomic E-state index is 13.6. The number of aromatic amines is 1. The number of pyridine rings is 1. The Morgan fingerprint density at radius 3 is 2.71 bits per heavy atom. The summed E-state index contributed by atoms with van der Waals surface area (Å²) in [5.41, 5.74) is -0.784. The Morgan fingerprint density at radius 1 is 1.38 bits per heavy atom. The number of benzene rings is 1. The molecule has 0 aliphatic rings. The first kappa shape index (κ1) is 14.7. The van der Waals surface area contributed by atoms with Crippen molar-refractivity contribution in [1.82, 2.24) is 4.98 Å². The third kappa shape index (κ3) is 2.93. The first-order valence-corrected chi connectivity index (χ1v) is 7.23. The van der Waals surface area contributed by atoms with E-state index >= 15 is 0 Å². The van der Waals surface area contributed by atoms with E-state index in [0.717, 1.165) is 18.3 Å². The van der Waals surface area contributed by atoms with Gasteiger partial charge in [-0.3, -0.25) is 9.52 Å². The SMILES string of the molecule is Cc1c(F)cc(C#N)cc1NS(=O)(=O)c1c[nH]ccc1=O. The van der Waals surface area contributed by atoms with Crippen LogP contribution in [0.1, 0.15) is 11.1 Å². The number of nitrogens with one attached hydrogen (secondary N) is 2. The van der Waals surface area contributed by atoms with Gasteiger partial charge < -0.3 is 4.98 Å². The minimum Gasteiger partial charge on any atom is -0.366 e. The van der Waals surface area contributed by atoms with Gasteiger partial charge in [0.1, 0.15) is 5.82 Å². The molecule has 0 aliphatic heterocycles. The predicted molar refractivity (Wildman–Crippen MR) is 73.7 cm³/mol. The van der Waals surface area contributed by atoms with Crippen LogP contribution >= 0.6 is 0 Å². The molecule has 2 N–H and O–H groups in total. The molecule has 21 heavy (non-hydrogen) atoms. The van der Waals surface area contributed by atoms with Gasteiger partial charge in [0.25, 0.3) is 10.0 Å². The van der Waals surface area contributed by atoms with Crippen molar-refractivity contribution >= 4 is 15.7 Å². The minimum atomic E-state index is -4.18. The largest absolute Gasteiger partial charge is 0.366 e. The van der Waals surface area contributed by atoms with Crippen LogP contribution in [0.4, 0.5) is 10.1 Å². The van der Waals surface area contributed by atoms with Crippen LogP contribution in [-0.4, -0.2) is 13.4 Å². The number of halogens is 1. The van der Waals surface area contributed by atoms with Gasteiger partial charge in [-0.05, 0) is 19.1 Å². The number of rotatable bonds is 3. The van der Waals surface area contributed by atoms with E-state index in [4.69, 9.17) is 5.26 Å². The van der Waals surface area contributed by atoms with Crippen molar-refractivity contribution in [3.8, 4) is 6.07 Å². The lowest BCUT2D eigenvalue weighted by Crippen LogP contribution is -2.21. The van der Waals surface area contributed by atoms with Crippen molar-refractivity contribution < 1.29 is 12.8 Å². The van der Waals surface area contributed by atoms with E-state index in [0.29, 0.717) is 0 Å². The van der Waals surface area contributed by atoms with E-state index in [2.05, 4.69) is 9.71 Å². The van der Waals surface area contributed by atoms with Gasteiger partial charge in [0.05, 0.1) is 17.3 Å². The van der Waals surface area contributed by atoms with Crippen LogP contribution < -0.4 is 10.2 Å². The standard InChI is InChI=1S/C13H10FN3O3S/c1-8-10(14)4-9(6-15)5-11(8)17-21(19,20)13-7-16-3-2-12(13)18/h2-5,7,17H,1H3,(H,16,18). The van der Waals surface area contributed by atoms with Gasteiger partial charge in [-0.15, -0.1) is 0 Å². The summed E-state index contributed by atoms with van der Waals surface area (Å²) >= 11 is 0. The molecule has 0 aliphatic carbocycles. The normalized spacial score (nSPS) is 10.9. The Labute approximate surface area is 119 Å². The molecule has 2 rings (SSSR count). The number of hydrogen-bond donors (Lipinski definition) is 2. The smallest absolute Gasteiger partial charge is 0.267 e. The van der Waals surface area contributed by atoms with E-state index in [1.165, 1.54) is 19.2 Å². The van der Waals surface area contributed by atoms with Gasteiger partial charge in [-0.2, -0.15) is 5.26 Å². The average Bonchev–Trinajstić information content (AvgIpc) is 2.43. The van der Waals surface area contributed by atoms with Crippen molar-refractivity contribution in [3.63, 3.8) is 0 Å². The fraction of sp³-hybridized carbons (Fsp3) is 0.0769. The van der Waals surface area contributed by atoms with Crippen molar-refractivity contribution in [2.75, 3.05) is 4.72 Å². The second-order valence-electron chi connectivity index (χ2n) is 4.22. The van der Waals surface area contributed by atoms with Gasteiger partial charge >= 0.3 is 0 Å². The second-order valence-corrected chi connectivity index (χ2v) is 5.87. The number of anilines is 1. The molecule has 8 heteroatoms. The predicted octanol–water partition coefficient (Wildman–Crippen LogP) is 1.49. The van der Waals surface area contributed by atoms with E-state index in [1.807, 2.05) is 0 Å². The monoisotopic (exact) mass is 307 g/mol. The molecule has 0 saturated heterocycles. The molecule has 1 aromatic heterocycles. The van der Waals surface area contributed by atoms with E-state index in [-0.39, 0.29) is 16.8 Å². The van der Waals surface area contributed by atoms with Crippen LogP contribution in [-0.2, 0) is 10.0 Å². The number of nitrogens with zero attached hydrogens (tertiary/aromatic N) is 1. The number of sulfonamides is 1. The van der Waals surface area contributed by atoms with Crippen LogP contribution in [0.5, 0.6) is 0 Å². The van der Waals surface area contributed by atoms with Crippen molar-refractivity contribution in [2.45, 2.75) is 11.8 Å².